The molecule has 3 aromatic heterocycles. The zero-order valence-corrected chi connectivity index (χ0v) is 17.9. The summed E-state index contributed by atoms with van der Waals surface area (Å²) in [4.78, 5) is 4.34. The third-order valence-corrected chi connectivity index (χ3v) is 6.71. The van der Waals surface area contributed by atoms with Gasteiger partial charge >= 0.3 is 0 Å². The van der Waals surface area contributed by atoms with Crippen molar-refractivity contribution in [3.05, 3.63) is 35.9 Å². The molecular formula is C22H24N8O. The second kappa shape index (κ2) is 7.29. The lowest BCUT2D eigenvalue weighted by Gasteiger charge is -2.43. The maximum absolute atomic E-state index is 9.32. The highest BCUT2D eigenvalue weighted by Crippen LogP contribution is 2.34. The van der Waals surface area contributed by atoms with E-state index in [1.54, 1.807) is 17.8 Å². The van der Waals surface area contributed by atoms with Gasteiger partial charge in [-0.3, -0.25) is 9.58 Å². The van der Waals surface area contributed by atoms with E-state index in [9.17, 15) is 10.5 Å². The third-order valence-electron chi connectivity index (χ3n) is 6.71. The summed E-state index contributed by atoms with van der Waals surface area (Å²) in [6.07, 6.45) is 8.70. The minimum absolute atomic E-state index is 0.320. The van der Waals surface area contributed by atoms with Gasteiger partial charge in [0.05, 0.1) is 25.5 Å². The van der Waals surface area contributed by atoms with Gasteiger partial charge in [0.1, 0.15) is 22.9 Å². The predicted molar refractivity (Wildman–Crippen MR) is 113 cm³/mol. The minimum atomic E-state index is 0.320. The number of fused-ring (bicyclic) bond motifs is 1. The first-order chi connectivity index (χ1) is 15.0. The van der Waals surface area contributed by atoms with Crippen LogP contribution in [0.2, 0.25) is 0 Å². The molecule has 0 aromatic carbocycles. The van der Waals surface area contributed by atoms with Gasteiger partial charge in [-0.25, -0.2) is 4.52 Å². The first kappa shape index (κ1) is 19.4. The Morgan fingerprint density at radius 1 is 1.13 bits per heavy atom. The first-order valence-electron chi connectivity index (χ1n) is 10.4. The maximum Gasteiger partial charge on any atom is 0.179 e. The molecule has 0 radical (unpaired) electrons. The fourth-order valence-corrected chi connectivity index (χ4v) is 4.89. The third kappa shape index (κ3) is 3.01. The van der Waals surface area contributed by atoms with E-state index in [1.165, 1.54) is 0 Å². The van der Waals surface area contributed by atoms with Gasteiger partial charge in [-0.2, -0.15) is 20.7 Å². The van der Waals surface area contributed by atoms with Crippen molar-refractivity contribution in [2.24, 2.45) is 0 Å². The molecule has 0 spiro atoms. The van der Waals surface area contributed by atoms with Gasteiger partial charge in [0.25, 0.3) is 0 Å². The number of nitriles is 2. The van der Waals surface area contributed by atoms with Crippen LogP contribution in [0.4, 0.5) is 0 Å². The van der Waals surface area contributed by atoms with Crippen LogP contribution in [-0.4, -0.2) is 68.0 Å². The molecule has 2 saturated heterocycles. The molecule has 0 unspecified atom stereocenters. The topological polar surface area (TPSA) is 98.4 Å². The minimum Gasteiger partial charge on any atom is -0.494 e. The van der Waals surface area contributed by atoms with Crippen molar-refractivity contribution in [1.29, 1.82) is 10.5 Å². The van der Waals surface area contributed by atoms with Gasteiger partial charge in [0, 0.05) is 54.7 Å². The first-order valence-corrected chi connectivity index (χ1v) is 10.4. The molecule has 5 heterocycles. The summed E-state index contributed by atoms with van der Waals surface area (Å²) >= 11 is 0. The van der Waals surface area contributed by atoms with E-state index in [2.05, 4.69) is 45.9 Å². The van der Waals surface area contributed by atoms with Gasteiger partial charge < -0.3 is 9.64 Å². The normalized spacial score (nSPS) is 21.8. The van der Waals surface area contributed by atoms with Crippen LogP contribution in [0.25, 0.3) is 16.6 Å². The molecule has 9 nitrogen and oxygen atoms in total. The second-order valence-corrected chi connectivity index (χ2v) is 8.45. The molecule has 5 rings (SSSR count). The Morgan fingerprint density at radius 3 is 2.61 bits per heavy atom. The average Bonchev–Trinajstić information content (AvgIpc) is 3.43. The highest BCUT2D eigenvalue weighted by atomic mass is 16.5. The molecule has 3 aromatic rings. The van der Waals surface area contributed by atoms with E-state index in [0.717, 1.165) is 42.9 Å². The molecule has 2 atom stereocenters. The Morgan fingerprint density at radius 2 is 1.94 bits per heavy atom. The Balaban J connectivity index is 1.37. The summed E-state index contributed by atoms with van der Waals surface area (Å²) in [6, 6.07) is 5.20. The predicted octanol–water partition coefficient (Wildman–Crippen LogP) is 2.19. The van der Waals surface area contributed by atoms with Crippen molar-refractivity contribution in [1.82, 2.24) is 29.2 Å². The molecule has 2 aliphatic rings. The fourth-order valence-electron chi connectivity index (χ4n) is 4.89. The van der Waals surface area contributed by atoms with Crippen LogP contribution in [0.5, 0.6) is 5.75 Å². The van der Waals surface area contributed by atoms with Crippen molar-refractivity contribution in [2.45, 2.75) is 38.4 Å². The smallest absolute Gasteiger partial charge is 0.179 e. The van der Waals surface area contributed by atoms with Crippen molar-refractivity contribution in [3.63, 3.8) is 0 Å². The van der Waals surface area contributed by atoms with Gasteiger partial charge in [0.2, 0.25) is 0 Å². The van der Waals surface area contributed by atoms with Crippen LogP contribution in [0, 0.1) is 29.7 Å². The van der Waals surface area contributed by atoms with Crippen LogP contribution in [-0.2, 0) is 0 Å². The van der Waals surface area contributed by atoms with Crippen LogP contribution < -0.4 is 4.74 Å². The maximum atomic E-state index is 9.32. The molecule has 31 heavy (non-hydrogen) atoms. The zero-order valence-electron chi connectivity index (χ0n) is 17.9. The molecule has 0 N–H and O–H groups in total. The molecule has 0 amide bonds. The lowest BCUT2D eigenvalue weighted by molar-refractivity contribution is 0.0565. The monoisotopic (exact) mass is 416 g/mol. The van der Waals surface area contributed by atoms with E-state index in [0.29, 0.717) is 35.0 Å². The van der Waals surface area contributed by atoms with E-state index >= 15 is 0 Å². The summed E-state index contributed by atoms with van der Waals surface area (Å²) in [5.74, 6) is 0.617. The number of hydrogen-bond donors (Lipinski definition) is 0. The Hall–Kier alpha value is -3.56. The van der Waals surface area contributed by atoms with Gasteiger partial charge in [-0.05, 0) is 26.3 Å². The van der Waals surface area contributed by atoms with Crippen molar-refractivity contribution in [2.75, 3.05) is 26.7 Å². The van der Waals surface area contributed by atoms with Crippen LogP contribution in [0.3, 0.4) is 0 Å². The van der Waals surface area contributed by atoms with Crippen LogP contribution in [0.1, 0.15) is 30.6 Å². The van der Waals surface area contributed by atoms with Gasteiger partial charge in [0.15, 0.2) is 6.19 Å². The lowest BCUT2D eigenvalue weighted by atomic mass is 10.0. The summed E-state index contributed by atoms with van der Waals surface area (Å²) in [5.41, 5.74) is 4.23. The summed E-state index contributed by atoms with van der Waals surface area (Å²) in [7, 11) is 1.60. The van der Waals surface area contributed by atoms with E-state index in [1.807, 2.05) is 23.4 Å². The standard InChI is InChI=1S/C22H24N8O/c1-14-4-18(10-28(14)13-24)27-11-19(12-27)30-15(2)20(8-26-30)16-5-21(31-3)22-17(6-23)7-25-29(22)9-16/h5,7-9,14,18-19H,4,10-12H2,1-3H3/t14-,18+/m0/s1. The number of pyridine rings is 1. The Labute approximate surface area is 180 Å². The molecule has 0 saturated carbocycles. The van der Waals surface area contributed by atoms with Crippen molar-refractivity contribution < 1.29 is 4.74 Å². The average molecular weight is 416 g/mol. The Bertz CT molecular complexity index is 1220. The zero-order chi connectivity index (χ0) is 21.7. The van der Waals surface area contributed by atoms with Gasteiger partial charge in [-0.15, -0.1) is 0 Å². The molecule has 0 bridgehead atoms. The summed E-state index contributed by atoms with van der Waals surface area (Å²) in [5, 5.41) is 27.5. The van der Waals surface area contributed by atoms with Crippen LogP contribution >= 0.6 is 0 Å². The fraction of sp³-hybridized carbons (Fsp3) is 0.455. The number of nitrogens with zero attached hydrogens (tertiary/aromatic N) is 8. The van der Waals surface area contributed by atoms with Gasteiger partial charge in [-0.1, -0.05) is 0 Å². The largest absolute Gasteiger partial charge is 0.494 e. The lowest BCUT2D eigenvalue weighted by Crippen LogP contribution is -2.53. The highest BCUT2D eigenvalue weighted by Gasteiger charge is 2.40. The van der Waals surface area contributed by atoms with Crippen LogP contribution in [0.15, 0.2) is 24.7 Å². The molecule has 9 heteroatoms. The number of aromatic nitrogens is 4. The highest BCUT2D eigenvalue weighted by molar-refractivity contribution is 5.75. The van der Waals surface area contributed by atoms with Crippen molar-refractivity contribution in [3.8, 4) is 29.1 Å². The number of hydrogen-bond acceptors (Lipinski definition) is 7. The molecule has 158 valence electrons. The Kier molecular flexibility index (Phi) is 4.57. The second-order valence-electron chi connectivity index (χ2n) is 8.45. The van der Waals surface area contributed by atoms with Crippen molar-refractivity contribution >= 4 is 5.52 Å². The molecule has 2 fully saturated rings. The SMILES string of the molecule is COc1cc(-c2cnn(C3CN([C@@H]4C[C@H](C)N(C#N)C4)C3)c2C)cn2ncc(C#N)c12. The number of ether oxygens (including phenoxy) is 1. The van der Waals surface area contributed by atoms with E-state index in [-0.39, 0.29) is 0 Å². The number of rotatable bonds is 4. The number of methoxy groups -OCH3 is 1. The van der Waals surface area contributed by atoms with E-state index in [4.69, 9.17) is 4.74 Å². The number of likely N-dealkylation sites (tertiary alicyclic amines) is 2. The quantitative estimate of drug-likeness (QED) is 0.601. The van der Waals surface area contributed by atoms with E-state index < -0.39 is 0 Å². The summed E-state index contributed by atoms with van der Waals surface area (Å²) in [6.45, 7) is 6.93. The molecule has 2 aliphatic heterocycles. The molecular weight excluding hydrogens is 392 g/mol. The summed E-state index contributed by atoms with van der Waals surface area (Å²) < 4.78 is 9.34. The molecule has 0 aliphatic carbocycles.